The summed E-state index contributed by atoms with van der Waals surface area (Å²) in [6, 6.07) is 2.29. The Hall–Kier alpha value is -1.24. The molecule has 2 N–H and O–H groups in total. The maximum absolute atomic E-state index is 5.78. The number of rotatable bonds is 11. The SMILES string of the molecule is C[Si](C)(C)CCOCNC1=C2N=NN(COCC[Si](C)(C)C)C2NC=N1. The highest BCUT2D eigenvalue weighted by atomic mass is 28.3. The Bertz CT molecular complexity index is 554. The minimum atomic E-state index is -1.08. The Labute approximate surface area is 159 Å². The molecule has 1 unspecified atom stereocenters. The first kappa shape index (κ1) is 21.1. The fourth-order valence-corrected chi connectivity index (χ4v) is 3.79. The average molecular weight is 399 g/mol. The second-order valence-corrected chi connectivity index (χ2v) is 20.3. The molecule has 2 aliphatic heterocycles. The van der Waals surface area contributed by atoms with Gasteiger partial charge in [-0.3, -0.25) is 0 Å². The fourth-order valence-electron chi connectivity index (χ4n) is 2.28. The first-order chi connectivity index (χ1) is 12.2. The van der Waals surface area contributed by atoms with Gasteiger partial charge in [0.1, 0.15) is 13.5 Å². The number of nitrogens with zero attached hydrogens (tertiary/aromatic N) is 4. The van der Waals surface area contributed by atoms with Crippen molar-refractivity contribution < 1.29 is 9.47 Å². The van der Waals surface area contributed by atoms with E-state index in [2.05, 4.69) is 65.2 Å². The Balaban J connectivity index is 1.76. The molecule has 0 saturated heterocycles. The van der Waals surface area contributed by atoms with Gasteiger partial charge in [-0.25, -0.2) is 10.0 Å². The van der Waals surface area contributed by atoms with Gasteiger partial charge >= 0.3 is 0 Å². The van der Waals surface area contributed by atoms with Crippen molar-refractivity contribution in [3.63, 3.8) is 0 Å². The zero-order chi connectivity index (χ0) is 19.2. The minimum absolute atomic E-state index is 0.135. The lowest BCUT2D eigenvalue weighted by Gasteiger charge is -2.25. The molecule has 0 spiro atoms. The van der Waals surface area contributed by atoms with Crippen molar-refractivity contribution in [2.24, 2.45) is 15.3 Å². The second-order valence-electron chi connectivity index (χ2n) is 9.08. The normalized spacial score (nSPS) is 19.8. The topological polar surface area (TPSA) is 82.8 Å². The number of ether oxygens (including phenoxy) is 2. The first-order valence-electron chi connectivity index (χ1n) is 9.26. The maximum atomic E-state index is 5.78. The quantitative estimate of drug-likeness (QED) is 0.317. The van der Waals surface area contributed by atoms with Crippen LogP contribution in [0.2, 0.25) is 51.4 Å². The third-order valence-electron chi connectivity index (χ3n) is 4.05. The summed E-state index contributed by atoms with van der Waals surface area (Å²) in [5.74, 6) is 0.704. The van der Waals surface area contributed by atoms with Crippen molar-refractivity contribution in [1.29, 1.82) is 0 Å². The van der Waals surface area contributed by atoms with Gasteiger partial charge in [0.15, 0.2) is 17.7 Å². The van der Waals surface area contributed by atoms with E-state index in [0.29, 0.717) is 19.3 Å². The molecule has 26 heavy (non-hydrogen) atoms. The lowest BCUT2D eigenvalue weighted by molar-refractivity contribution is 0.0211. The zero-order valence-corrected chi connectivity index (χ0v) is 19.0. The van der Waals surface area contributed by atoms with Crippen LogP contribution in [0.5, 0.6) is 0 Å². The highest BCUT2D eigenvalue weighted by Gasteiger charge is 2.32. The molecule has 10 heteroatoms. The molecule has 0 aromatic rings. The molecular weight excluding hydrogens is 364 g/mol. The van der Waals surface area contributed by atoms with E-state index in [1.165, 1.54) is 0 Å². The van der Waals surface area contributed by atoms with Gasteiger partial charge in [0.05, 0.1) is 6.34 Å². The van der Waals surface area contributed by atoms with E-state index in [-0.39, 0.29) is 6.17 Å². The van der Waals surface area contributed by atoms with Crippen LogP contribution in [0.3, 0.4) is 0 Å². The van der Waals surface area contributed by atoms with Crippen LogP contribution in [0.1, 0.15) is 0 Å². The van der Waals surface area contributed by atoms with Crippen LogP contribution in [0.15, 0.2) is 26.8 Å². The molecule has 2 aliphatic rings. The van der Waals surface area contributed by atoms with Crippen molar-refractivity contribution in [2.75, 3.05) is 26.7 Å². The van der Waals surface area contributed by atoms with Crippen LogP contribution in [0, 0.1) is 0 Å². The Morgan fingerprint density at radius 3 is 2.38 bits per heavy atom. The van der Waals surface area contributed by atoms with E-state index in [9.17, 15) is 0 Å². The van der Waals surface area contributed by atoms with Gasteiger partial charge in [-0.15, -0.1) is 5.11 Å². The summed E-state index contributed by atoms with van der Waals surface area (Å²) in [6.45, 7) is 16.4. The fraction of sp³-hybridized carbons (Fsp3) is 0.812. The van der Waals surface area contributed by atoms with Crippen LogP contribution in [0.25, 0.3) is 0 Å². The van der Waals surface area contributed by atoms with E-state index >= 15 is 0 Å². The van der Waals surface area contributed by atoms with Crippen LogP contribution in [0.4, 0.5) is 0 Å². The smallest absolute Gasteiger partial charge is 0.169 e. The van der Waals surface area contributed by atoms with Crippen molar-refractivity contribution in [1.82, 2.24) is 15.6 Å². The number of hydrogen-bond acceptors (Lipinski definition) is 8. The lowest BCUT2D eigenvalue weighted by atomic mass is 10.3. The summed E-state index contributed by atoms with van der Waals surface area (Å²) in [5.41, 5.74) is 0.773. The number of nitrogens with one attached hydrogen (secondary N) is 2. The molecule has 0 aromatic carbocycles. The molecule has 0 aliphatic carbocycles. The summed E-state index contributed by atoms with van der Waals surface area (Å²) in [6.07, 6.45) is 1.54. The van der Waals surface area contributed by atoms with Gasteiger partial charge in [0.25, 0.3) is 0 Å². The molecule has 0 bridgehead atoms. The average Bonchev–Trinajstić information content (AvgIpc) is 2.93. The summed E-state index contributed by atoms with van der Waals surface area (Å²) >= 11 is 0. The van der Waals surface area contributed by atoms with Crippen LogP contribution in [-0.4, -0.2) is 60.3 Å². The minimum Gasteiger partial charge on any atom is -0.362 e. The zero-order valence-electron chi connectivity index (χ0n) is 17.0. The highest BCUT2D eigenvalue weighted by molar-refractivity contribution is 6.76. The van der Waals surface area contributed by atoms with Gasteiger partial charge in [-0.2, -0.15) is 0 Å². The van der Waals surface area contributed by atoms with Crippen molar-refractivity contribution in [3.05, 3.63) is 11.5 Å². The van der Waals surface area contributed by atoms with Crippen LogP contribution in [-0.2, 0) is 9.47 Å². The molecule has 0 fully saturated rings. The molecule has 0 saturated carbocycles. The van der Waals surface area contributed by atoms with Crippen LogP contribution < -0.4 is 10.6 Å². The van der Waals surface area contributed by atoms with E-state index in [4.69, 9.17) is 9.47 Å². The van der Waals surface area contributed by atoms with Gasteiger partial charge in [-0.05, 0) is 12.1 Å². The molecule has 0 radical (unpaired) electrons. The maximum Gasteiger partial charge on any atom is 0.169 e. The standard InChI is InChI=1S/C16H34N6O2Si2/c1-25(2,3)9-7-23-12-19-15-14-16(18-11-17-15)22(21-20-14)13-24-8-10-26(4,5)6/h11,16,19H,7-10,12-13H2,1-6H3,(H,17,18). The molecule has 1 atom stereocenters. The molecule has 0 aromatic heterocycles. The summed E-state index contributed by atoms with van der Waals surface area (Å²) in [4.78, 5) is 4.33. The molecule has 2 rings (SSSR count). The highest BCUT2D eigenvalue weighted by Crippen LogP contribution is 2.24. The summed E-state index contributed by atoms with van der Waals surface area (Å²) in [5, 5.41) is 16.7. The second kappa shape index (κ2) is 9.11. The van der Waals surface area contributed by atoms with E-state index in [1.54, 1.807) is 11.3 Å². The third-order valence-corrected chi connectivity index (χ3v) is 7.46. The van der Waals surface area contributed by atoms with Crippen molar-refractivity contribution >= 4 is 22.5 Å². The molecule has 8 nitrogen and oxygen atoms in total. The third kappa shape index (κ3) is 7.18. The number of aliphatic imine (C=N–C) groups is 1. The monoisotopic (exact) mass is 398 g/mol. The summed E-state index contributed by atoms with van der Waals surface area (Å²) in [7, 11) is -2.14. The number of hydrogen-bond donors (Lipinski definition) is 2. The predicted octanol–water partition coefficient (Wildman–Crippen LogP) is 3.01. The Morgan fingerprint density at radius 1 is 1.08 bits per heavy atom. The molecule has 148 valence electrons. The van der Waals surface area contributed by atoms with Crippen LogP contribution >= 0.6 is 0 Å². The van der Waals surface area contributed by atoms with E-state index in [0.717, 1.165) is 31.0 Å². The summed E-state index contributed by atoms with van der Waals surface area (Å²) < 4.78 is 11.5. The van der Waals surface area contributed by atoms with E-state index in [1.807, 2.05) is 0 Å². The molecule has 2 heterocycles. The van der Waals surface area contributed by atoms with Gasteiger partial charge in [0.2, 0.25) is 0 Å². The Kier molecular flexibility index (Phi) is 7.38. The van der Waals surface area contributed by atoms with Gasteiger partial charge in [0, 0.05) is 29.4 Å². The van der Waals surface area contributed by atoms with Gasteiger partial charge < -0.3 is 20.1 Å². The number of fused-ring (bicyclic) bond motifs is 1. The molecular formula is C16H34N6O2Si2. The predicted molar refractivity (Wildman–Crippen MR) is 110 cm³/mol. The molecule has 0 amide bonds. The van der Waals surface area contributed by atoms with Crippen molar-refractivity contribution in [3.8, 4) is 0 Å². The largest absolute Gasteiger partial charge is 0.362 e. The van der Waals surface area contributed by atoms with Gasteiger partial charge in [-0.1, -0.05) is 44.5 Å². The first-order valence-corrected chi connectivity index (χ1v) is 16.7. The van der Waals surface area contributed by atoms with E-state index < -0.39 is 16.1 Å². The van der Waals surface area contributed by atoms with Crippen molar-refractivity contribution in [2.45, 2.75) is 57.5 Å². The lowest BCUT2D eigenvalue weighted by Crippen LogP contribution is -2.44. The Morgan fingerprint density at radius 2 is 1.73 bits per heavy atom.